The van der Waals surface area contributed by atoms with Crippen LogP contribution in [0, 0.1) is 0 Å². The molecule has 6 heteroatoms. The summed E-state index contributed by atoms with van der Waals surface area (Å²) in [5.74, 6) is 0. The minimum Gasteiger partial charge on any atom is -0.383 e. The summed E-state index contributed by atoms with van der Waals surface area (Å²) in [7, 11) is 0. The number of rotatable bonds is 7. The van der Waals surface area contributed by atoms with Gasteiger partial charge in [0.2, 0.25) is 0 Å². The molecule has 0 amide bonds. The van der Waals surface area contributed by atoms with E-state index in [9.17, 15) is 0 Å². The number of benzene rings is 2. The van der Waals surface area contributed by atoms with Crippen LogP contribution in [0.1, 0.15) is 24.5 Å². The van der Waals surface area contributed by atoms with Gasteiger partial charge < -0.3 is 15.4 Å². The minimum atomic E-state index is 0.176. The van der Waals surface area contributed by atoms with Crippen LogP contribution >= 0.6 is 0 Å². The number of para-hydroxylation sites is 1. The largest absolute Gasteiger partial charge is 0.383 e. The van der Waals surface area contributed by atoms with E-state index in [0.717, 1.165) is 49.6 Å². The summed E-state index contributed by atoms with van der Waals surface area (Å²) in [6.07, 6.45) is 5.66. The minimum absolute atomic E-state index is 0.176. The van der Waals surface area contributed by atoms with Crippen molar-refractivity contribution in [1.29, 1.82) is 0 Å². The first kappa shape index (κ1) is 16.6. The fourth-order valence-electron chi connectivity index (χ4n) is 3.23. The van der Waals surface area contributed by atoms with Crippen molar-refractivity contribution < 1.29 is 4.74 Å². The molecule has 4 rings (SSSR count). The second kappa shape index (κ2) is 8.01. The molecule has 0 radical (unpaired) electrons. The quantitative estimate of drug-likeness (QED) is 0.675. The van der Waals surface area contributed by atoms with Crippen molar-refractivity contribution in [3.63, 3.8) is 0 Å². The SMILES string of the molecule is c1ccc(Nc2ccc(C3CCCO3)c(NCCn3cncn3)c2)cc1. The van der Waals surface area contributed by atoms with Crippen LogP contribution in [-0.4, -0.2) is 27.9 Å². The third-order valence-corrected chi connectivity index (χ3v) is 4.52. The molecule has 2 heterocycles. The fourth-order valence-corrected chi connectivity index (χ4v) is 3.23. The van der Waals surface area contributed by atoms with E-state index in [1.807, 2.05) is 22.9 Å². The summed E-state index contributed by atoms with van der Waals surface area (Å²) < 4.78 is 7.73. The van der Waals surface area contributed by atoms with Gasteiger partial charge in [-0.3, -0.25) is 4.68 Å². The van der Waals surface area contributed by atoms with E-state index >= 15 is 0 Å². The predicted octanol–water partition coefficient (Wildman–Crippen LogP) is 3.99. The van der Waals surface area contributed by atoms with Gasteiger partial charge in [-0.1, -0.05) is 24.3 Å². The van der Waals surface area contributed by atoms with Gasteiger partial charge in [-0.25, -0.2) is 4.98 Å². The van der Waals surface area contributed by atoms with Gasteiger partial charge in [0.05, 0.1) is 12.6 Å². The molecule has 1 aliphatic heterocycles. The number of nitrogens with one attached hydrogen (secondary N) is 2. The molecule has 2 N–H and O–H groups in total. The van der Waals surface area contributed by atoms with Gasteiger partial charge in [0.25, 0.3) is 0 Å². The van der Waals surface area contributed by atoms with Crippen LogP contribution in [0.2, 0.25) is 0 Å². The first-order chi connectivity index (χ1) is 12.9. The van der Waals surface area contributed by atoms with E-state index < -0.39 is 0 Å². The summed E-state index contributed by atoms with van der Waals surface area (Å²) >= 11 is 0. The molecule has 0 spiro atoms. The molecular weight excluding hydrogens is 326 g/mol. The molecule has 0 aliphatic carbocycles. The summed E-state index contributed by atoms with van der Waals surface area (Å²) in [6.45, 7) is 2.38. The third-order valence-electron chi connectivity index (χ3n) is 4.52. The average molecular weight is 349 g/mol. The molecule has 0 bridgehead atoms. The van der Waals surface area contributed by atoms with Crippen LogP contribution < -0.4 is 10.6 Å². The van der Waals surface area contributed by atoms with Gasteiger partial charge >= 0.3 is 0 Å². The molecule has 1 unspecified atom stereocenters. The Balaban J connectivity index is 1.51. The number of aromatic nitrogens is 3. The maximum Gasteiger partial charge on any atom is 0.137 e. The van der Waals surface area contributed by atoms with Crippen LogP contribution in [0.3, 0.4) is 0 Å². The lowest BCUT2D eigenvalue weighted by molar-refractivity contribution is 0.112. The Hall–Kier alpha value is -2.86. The topological polar surface area (TPSA) is 64.0 Å². The Kier molecular flexibility index (Phi) is 5.12. The number of ether oxygens (including phenoxy) is 1. The van der Waals surface area contributed by atoms with Crippen molar-refractivity contribution in [3.05, 3.63) is 66.7 Å². The predicted molar refractivity (Wildman–Crippen MR) is 103 cm³/mol. The molecule has 26 heavy (non-hydrogen) atoms. The zero-order valence-electron chi connectivity index (χ0n) is 14.6. The number of nitrogens with zero attached hydrogens (tertiary/aromatic N) is 3. The molecule has 134 valence electrons. The fraction of sp³-hybridized carbons (Fsp3) is 0.300. The second-order valence-corrected chi connectivity index (χ2v) is 6.38. The maximum atomic E-state index is 5.90. The first-order valence-corrected chi connectivity index (χ1v) is 9.02. The summed E-state index contributed by atoms with van der Waals surface area (Å²) in [5, 5.41) is 11.2. The average Bonchev–Trinajstić information content (AvgIpc) is 3.37. The van der Waals surface area contributed by atoms with Crippen LogP contribution in [0.25, 0.3) is 0 Å². The molecular formula is C20H23N5O. The highest BCUT2D eigenvalue weighted by Gasteiger charge is 2.20. The normalized spacial score (nSPS) is 16.5. The van der Waals surface area contributed by atoms with Crippen LogP contribution in [0.5, 0.6) is 0 Å². The van der Waals surface area contributed by atoms with E-state index in [0.29, 0.717) is 0 Å². The smallest absolute Gasteiger partial charge is 0.137 e. The van der Waals surface area contributed by atoms with Crippen molar-refractivity contribution >= 4 is 17.1 Å². The first-order valence-electron chi connectivity index (χ1n) is 9.02. The van der Waals surface area contributed by atoms with Crippen LogP contribution in [0.4, 0.5) is 17.1 Å². The molecule has 1 fully saturated rings. The number of hydrogen-bond acceptors (Lipinski definition) is 5. The zero-order valence-corrected chi connectivity index (χ0v) is 14.6. The van der Waals surface area contributed by atoms with E-state index in [1.165, 1.54) is 5.56 Å². The van der Waals surface area contributed by atoms with Crippen molar-refractivity contribution in [2.75, 3.05) is 23.8 Å². The van der Waals surface area contributed by atoms with E-state index in [-0.39, 0.29) is 6.10 Å². The Labute approximate surface area is 153 Å². The molecule has 1 aromatic heterocycles. The molecule has 3 aromatic rings. The lowest BCUT2D eigenvalue weighted by atomic mass is 10.0. The molecule has 6 nitrogen and oxygen atoms in total. The standard InChI is InChI=1S/C20H23N5O/c1-2-5-16(6-3-1)24-17-8-9-18(20-7-4-12-26-20)19(13-17)22-10-11-25-15-21-14-23-25/h1-3,5-6,8-9,13-15,20,22,24H,4,7,10-12H2. The van der Waals surface area contributed by atoms with Crippen molar-refractivity contribution in [1.82, 2.24) is 14.8 Å². The zero-order chi connectivity index (χ0) is 17.6. The van der Waals surface area contributed by atoms with Crippen molar-refractivity contribution in [2.45, 2.75) is 25.5 Å². The molecule has 1 aliphatic rings. The van der Waals surface area contributed by atoms with Gasteiger partial charge in [0.15, 0.2) is 0 Å². The van der Waals surface area contributed by atoms with Gasteiger partial charge in [-0.05, 0) is 37.1 Å². The lowest BCUT2D eigenvalue weighted by Gasteiger charge is -2.18. The second-order valence-electron chi connectivity index (χ2n) is 6.38. The van der Waals surface area contributed by atoms with Crippen molar-refractivity contribution in [2.24, 2.45) is 0 Å². The maximum absolute atomic E-state index is 5.90. The van der Waals surface area contributed by atoms with Gasteiger partial charge in [0.1, 0.15) is 12.7 Å². The van der Waals surface area contributed by atoms with Gasteiger partial charge in [-0.2, -0.15) is 5.10 Å². The highest BCUT2D eigenvalue weighted by Crippen LogP contribution is 2.35. The van der Waals surface area contributed by atoms with Crippen LogP contribution in [0.15, 0.2) is 61.2 Å². The Bertz CT molecular complexity index is 813. The van der Waals surface area contributed by atoms with E-state index in [1.54, 1.807) is 12.7 Å². The summed E-state index contributed by atoms with van der Waals surface area (Å²) in [6, 6.07) is 16.6. The Morgan fingerprint density at radius 3 is 2.81 bits per heavy atom. The van der Waals surface area contributed by atoms with Crippen LogP contribution in [-0.2, 0) is 11.3 Å². The Morgan fingerprint density at radius 2 is 2.04 bits per heavy atom. The summed E-state index contributed by atoms with van der Waals surface area (Å²) in [5.41, 5.74) is 4.46. The van der Waals surface area contributed by atoms with Crippen molar-refractivity contribution in [3.8, 4) is 0 Å². The highest BCUT2D eigenvalue weighted by molar-refractivity contribution is 5.67. The van der Waals surface area contributed by atoms with E-state index in [4.69, 9.17) is 4.74 Å². The molecule has 1 atom stereocenters. The van der Waals surface area contributed by atoms with E-state index in [2.05, 4.69) is 51.0 Å². The highest BCUT2D eigenvalue weighted by atomic mass is 16.5. The molecule has 2 aromatic carbocycles. The summed E-state index contributed by atoms with van der Waals surface area (Å²) in [4.78, 5) is 3.98. The number of hydrogen-bond donors (Lipinski definition) is 2. The lowest BCUT2D eigenvalue weighted by Crippen LogP contribution is -2.13. The monoisotopic (exact) mass is 349 g/mol. The third kappa shape index (κ3) is 4.03. The molecule has 1 saturated heterocycles. The van der Waals surface area contributed by atoms with Gasteiger partial charge in [-0.15, -0.1) is 0 Å². The molecule has 0 saturated carbocycles. The number of anilines is 3. The Morgan fingerprint density at radius 1 is 1.12 bits per heavy atom. The van der Waals surface area contributed by atoms with Gasteiger partial charge in [0, 0.05) is 35.8 Å².